The van der Waals surface area contributed by atoms with Crippen LogP contribution in [0.2, 0.25) is 0 Å². The van der Waals surface area contributed by atoms with Gasteiger partial charge in [0.15, 0.2) is 11.5 Å². The van der Waals surface area contributed by atoms with E-state index in [1.54, 1.807) is 24.3 Å². The first-order chi connectivity index (χ1) is 15.8. The van der Waals surface area contributed by atoms with Crippen molar-refractivity contribution in [2.45, 2.75) is 16.7 Å². The van der Waals surface area contributed by atoms with Crippen molar-refractivity contribution in [1.29, 1.82) is 0 Å². The smallest absolute Gasteiger partial charge is 0.262 e. The molecule has 11 heteroatoms. The lowest BCUT2D eigenvalue weighted by molar-refractivity contribution is 0.171. The van der Waals surface area contributed by atoms with Gasteiger partial charge >= 0.3 is 0 Å². The number of fused-ring (bicyclic) bond motifs is 1. The van der Waals surface area contributed by atoms with Crippen LogP contribution < -0.4 is 23.7 Å². The van der Waals surface area contributed by atoms with Gasteiger partial charge in [0.25, 0.3) is 20.0 Å². The molecule has 1 heterocycles. The van der Waals surface area contributed by atoms with Gasteiger partial charge in [0.2, 0.25) is 0 Å². The van der Waals surface area contributed by atoms with Gasteiger partial charge in [-0.2, -0.15) is 0 Å². The van der Waals surface area contributed by atoms with Gasteiger partial charge in [0.1, 0.15) is 19.0 Å². The zero-order chi connectivity index (χ0) is 23.5. The molecule has 3 aromatic rings. The first-order valence-electron chi connectivity index (χ1n) is 10.0. The van der Waals surface area contributed by atoms with Crippen molar-refractivity contribution in [2.75, 3.05) is 29.3 Å². The topological polar surface area (TPSA) is 120 Å². The molecule has 1 aliphatic rings. The molecule has 0 unspecified atom stereocenters. The van der Waals surface area contributed by atoms with Gasteiger partial charge in [0, 0.05) is 17.4 Å². The largest absolute Gasteiger partial charge is 0.494 e. The molecular formula is C22H22N2O7S2. The number of anilines is 2. The van der Waals surface area contributed by atoms with Crippen molar-refractivity contribution in [1.82, 2.24) is 0 Å². The van der Waals surface area contributed by atoms with Crippen LogP contribution in [-0.4, -0.2) is 36.7 Å². The van der Waals surface area contributed by atoms with Crippen LogP contribution >= 0.6 is 0 Å². The average Bonchev–Trinajstić information content (AvgIpc) is 2.80. The summed E-state index contributed by atoms with van der Waals surface area (Å²) in [5.41, 5.74) is 0.590. The van der Waals surface area contributed by atoms with E-state index in [0.717, 1.165) is 0 Å². The Kier molecular flexibility index (Phi) is 6.34. The van der Waals surface area contributed by atoms with Crippen molar-refractivity contribution >= 4 is 31.4 Å². The molecule has 174 valence electrons. The molecule has 0 amide bonds. The fourth-order valence-corrected chi connectivity index (χ4v) is 5.24. The summed E-state index contributed by atoms with van der Waals surface area (Å²) in [6.45, 7) is 3.11. The van der Waals surface area contributed by atoms with E-state index in [0.29, 0.717) is 42.8 Å². The number of sulfonamides is 2. The lowest BCUT2D eigenvalue weighted by Gasteiger charge is -2.19. The Labute approximate surface area is 192 Å². The van der Waals surface area contributed by atoms with Gasteiger partial charge in [-0.25, -0.2) is 16.8 Å². The summed E-state index contributed by atoms with van der Waals surface area (Å²) in [6, 6.07) is 16.2. The third-order valence-corrected chi connectivity index (χ3v) is 7.43. The summed E-state index contributed by atoms with van der Waals surface area (Å²) in [5, 5.41) is 0. The number of benzene rings is 3. The van der Waals surface area contributed by atoms with E-state index in [1.807, 2.05) is 6.92 Å². The van der Waals surface area contributed by atoms with Crippen LogP contribution in [0.1, 0.15) is 6.92 Å². The summed E-state index contributed by atoms with van der Waals surface area (Å²) in [7, 11) is -7.77. The summed E-state index contributed by atoms with van der Waals surface area (Å²) >= 11 is 0. The molecule has 0 atom stereocenters. The Bertz CT molecular complexity index is 1340. The molecule has 9 nitrogen and oxygen atoms in total. The minimum atomic E-state index is -3.92. The molecule has 2 N–H and O–H groups in total. The molecule has 0 radical (unpaired) electrons. The summed E-state index contributed by atoms with van der Waals surface area (Å²) in [4.78, 5) is -0.0146. The first-order valence-corrected chi connectivity index (χ1v) is 13.0. The molecular weight excluding hydrogens is 468 g/mol. The summed E-state index contributed by atoms with van der Waals surface area (Å²) < 4.78 is 71.9. The average molecular weight is 491 g/mol. The van der Waals surface area contributed by atoms with Crippen molar-refractivity contribution in [2.24, 2.45) is 0 Å². The molecule has 33 heavy (non-hydrogen) atoms. The highest BCUT2D eigenvalue weighted by atomic mass is 32.2. The standard InChI is InChI=1S/C22H22N2O7S2/c1-2-29-18-7-3-16(4-8-18)23-32(25,26)19-9-5-17(6-10-19)24-33(27,28)20-11-12-21-22(15-20)31-14-13-30-21/h3-12,15,23-24H,2,13-14H2,1H3. The highest BCUT2D eigenvalue weighted by molar-refractivity contribution is 7.93. The number of ether oxygens (including phenoxy) is 3. The second kappa shape index (κ2) is 9.20. The van der Waals surface area contributed by atoms with E-state index in [4.69, 9.17) is 14.2 Å². The maximum absolute atomic E-state index is 12.7. The number of rotatable bonds is 8. The third kappa shape index (κ3) is 5.32. The molecule has 0 spiro atoms. The molecule has 3 aromatic carbocycles. The Morgan fingerprint density at radius 1 is 0.727 bits per heavy atom. The Morgan fingerprint density at radius 2 is 1.24 bits per heavy atom. The quantitative estimate of drug-likeness (QED) is 0.496. The van der Waals surface area contributed by atoms with Crippen molar-refractivity contribution < 1.29 is 31.0 Å². The van der Waals surface area contributed by atoms with Crippen LogP contribution in [0, 0.1) is 0 Å². The van der Waals surface area contributed by atoms with Gasteiger partial charge in [-0.05, 0) is 67.6 Å². The lowest BCUT2D eigenvalue weighted by Crippen LogP contribution is -2.17. The molecule has 0 fully saturated rings. The fourth-order valence-electron chi connectivity index (χ4n) is 3.11. The third-order valence-electron chi connectivity index (χ3n) is 4.66. The van der Waals surface area contributed by atoms with Crippen LogP contribution in [0.3, 0.4) is 0 Å². The number of nitrogens with one attached hydrogen (secondary N) is 2. The normalized spacial score (nSPS) is 13.2. The Balaban J connectivity index is 1.47. The molecule has 4 rings (SSSR count). The van der Waals surface area contributed by atoms with E-state index in [-0.39, 0.29) is 15.5 Å². The molecule has 0 saturated heterocycles. The highest BCUT2D eigenvalue weighted by Crippen LogP contribution is 2.33. The van der Waals surface area contributed by atoms with E-state index in [9.17, 15) is 16.8 Å². The van der Waals surface area contributed by atoms with Gasteiger partial charge in [0.05, 0.1) is 16.4 Å². The molecule has 0 bridgehead atoms. The van der Waals surface area contributed by atoms with Crippen LogP contribution in [0.25, 0.3) is 0 Å². The maximum atomic E-state index is 12.7. The zero-order valence-electron chi connectivity index (χ0n) is 17.6. The first kappa shape index (κ1) is 22.7. The molecule has 0 saturated carbocycles. The molecule has 0 aliphatic carbocycles. The van der Waals surface area contributed by atoms with Gasteiger partial charge in [-0.15, -0.1) is 0 Å². The maximum Gasteiger partial charge on any atom is 0.262 e. The van der Waals surface area contributed by atoms with E-state index in [2.05, 4.69) is 9.44 Å². The Hall–Kier alpha value is -3.44. The van der Waals surface area contributed by atoms with Crippen LogP contribution in [0.4, 0.5) is 11.4 Å². The monoisotopic (exact) mass is 490 g/mol. The number of hydrogen-bond acceptors (Lipinski definition) is 7. The minimum Gasteiger partial charge on any atom is -0.494 e. The van der Waals surface area contributed by atoms with Gasteiger partial charge in [-0.3, -0.25) is 9.44 Å². The molecule has 1 aliphatic heterocycles. The SMILES string of the molecule is CCOc1ccc(NS(=O)(=O)c2ccc(NS(=O)(=O)c3ccc4c(c3)OCCO4)cc2)cc1. The van der Waals surface area contributed by atoms with E-state index < -0.39 is 20.0 Å². The van der Waals surface area contributed by atoms with E-state index in [1.165, 1.54) is 42.5 Å². The second-order valence-corrected chi connectivity index (χ2v) is 10.4. The van der Waals surface area contributed by atoms with Gasteiger partial charge < -0.3 is 14.2 Å². The second-order valence-electron chi connectivity index (χ2n) is 7.00. The van der Waals surface area contributed by atoms with Crippen LogP contribution in [0.15, 0.2) is 76.5 Å². The summed E-state index contributed by atoms with van der Waals surface area (Å²) in [6.07, 6.45) is 0. The van der Waals surface area contributed by atoms with E-state index >= 15 is 0 Å². The van der Waals surface area contributed by atoms with Crippen LogP contribution in [-0.2, 0) is 20.0 Å². The Morgan fingerprint density at radius 3 is 1.85 bits per heavy atom. The predicted octanol–water partition coefficient (Wildman–Crippen LogP) is 3.46. The zero-order valence-corrected chi connectivity index (χ0v) is 19.3. The molecule has 0 aromatic heterocycles. The summed E-state index contributed by atoms with van der Waals surface area (Å²) in [5.74, 6) is 1.47. The van der Waals surface area contributed by atoms with Crippen LogP contribution in [0.5, 0.6) is 17.2 Å². The van der Waals surface area contributed by atoms with Crippen molar-refractivity contribution in [3.05, 3.63) is 66.7 Å². The lowest BCUT2D eigenvalue weighted by atomic mass is 10.3. The van der Waals surface area contributed by atoms with Gasteiger partial charge in [-0.1, -0.05) is 0 Å². The number of hydrogen-bond donors (Lipinski definition) is 2. The highest BCUT2D eigenvalue weighted by Gasteiger charge is 2.20. The van der Waals surface area contributed by atoms with Crippen molar-refractivity contribution in [3.8, 4) is 17.2 Å². The predicted molar refractivity (Wildman–Crippen MR) is 123 cm³/mol. The fraction of sp³-hybridized carbons (Fsp3) is 0.182. The minimum absolute atomic E-state index is 0.000569. The van der Waals surface area contributed by atoms with Crippen molar-refractivity contribution in [3.63, 3.8) is 0 Å².